The van der Waals surface area contributed by atoms with E-state index in [0.29, 0.717) is 5.69 Å². The first-order valence-corrected chi connectivity index (χ1v) is 6.75. The van der Waals surface area contributed by atoms with E-state index < -0.39 is 17.6 Å². The van der Waals surface area contributed by atoms with Crippen LogP contribution in [0.5, 0.6) is 0 Å². The number of amides is 1. The summed E-state index contributed by atoms with van der Waals surface area (Å²) in [6.45, 7) is 5.64. The van der Waals surface area contributed by atoms with Crippen LogP contribution in [0.1, 0.15) is 32.6 Å². The maximum Gasteiger partial charge on any atom is 0.416 e. The van der Waals surface area contributed by atoms with Gasteiger partial charge in [-0.2, -0.15) is 13.2 Å². The predicted molar refractivity (Wildman–Crippen MR) is 80.1 cm³/mol. The van der Waals surface area contributed by atoms with Crippen LogP contribution in [0.15, 0.2) is 36.4 Å². The third kappa shape index (κ3) is 3.47. The molecular weight excluding hydrogens is 291 g/mol. The minimum Gasteiger partial charge on any atom is -0.322 e. The zero-order chi connectivity index (χ0) is 16.5. The molecule has 0 aliphatic heterocycles. The van der Waals surface area contributed by atoms with Crippen LogP contribution in [0.4, 0.5) is 18.9 Å². The maximum absolute atomic E-state index is 12.7. The summed E-state index contributed by atoms with van der Waals surface area (Å²) in [7, 11) is 0. The molecule has 0 unspecified atom stereocenters. The Morgan fingerprint density at radius 2 is 1.59 bits per heavy atom. The Hall–Kier alpha value is -2.30. The smallest absolute Gasteiger partial charge is 0.322 e. The van der Waals surface area contributed by atoms with Crippen LogP contribution in [0.25, 0.3) is 0 Å². The van der Waals surface area contributed by atoms with E-state index >= 15 is 0 Å². The van der Waals surface area contributed by atoms with Gasteiger partial charge in [0.15, 0.2) is 0 Å². The molecule has 0 fully saturated rings. The summed E-state index contributed by atoms with van der Waals surface area (Å²) >= 11 is 0. The Bertz CT molecular complexity index is 697. The van der Waals surface area contributed by atoms with Crippen LogP contribution in [0.2, 0.25) is 0 Å². The molecule has 22 heavy (non-hydrogen) atoms. The molecule has 0 saturated heterocycles. The van der Waals surface area contributed by atoms with Crippen LogP contribution >= 0.6 is 0 Å². The monoisotopic (exact) mass is 307 g/mol. The average Bonchev–Trinajstić information content (AvgIpc) is 2.41. The van der Waals surface area contributed by atoms with Crippen molar-refractivity contribution in [1.82, 2.24) is 0 Å². The Balaban J connectivity index is 2.31. The highest BCUT2D eigenvalue weighted by molar-refractivity contribution is 6.05. The number of alkyl halides is 3. The predicted octanol–water partition coefficient (Wildman–Crippen LogP) is 4.88. The van der Waals surface area contributed by atoms with Crippen molar-refractivity contribution >= 4 is 11.6 Å². The largest absolute Gasteiger partial charge is 0.416 e. The molecule has 0 atom stereocenters. The maximum atomic E-state index is 12.7. The van der Waals surface area contributed by atoms with Crippen LogP contribution in [-0.2, 0) is 6.18 Å². The molecule has 0 saturated carbocycles. The minimum atomic E-state index is -4.47. The third-order valence-corrected chi connectivity index (χ3v) is 3.37. The quantitative estimate of drug-likeness (QED) is 0.841. The van der Waals surface area contributed by atoms with Gasteiger partial charge in [-0.3, -0.25) is 4.79 Å². The topological polar surface area (TPSA) is 29.1 Å². The molecule has 0 heterocycles. The van der Waals surface area contributed by atoms with E-state index in [4.69, 9.17) is 0 Å². The van der Waals surface area contributed by atoms with Crippen molar-refractivity contribution in [3.63, 3.8) is 0 Å². The van der Waals surface area contributed by atoms with E-state index in [9.17, 15) is 18.0 Å². The lowest BCUT2D eigenvalue weighted by Crippen LogP contribution is -2.15. The first-order chi connectivity index (χ1) is 10.2. The summed E-state index contributed by atoms with van der Waals surface area (Å²) in [5.41, 5.74) is 2.59. The molecule has 0 aliphatic rings. The molecule has 116 valence electrons. The number of carbonyl (C=O) groups excluding carboxylic acids is 1. The van der Waals surface area contributed by atoms with Crippen molar-refractivity contribution in [1.29, 1.82) is 0 Å². The lowest BCUT2D eigenvalue weighted by molar-refractivity contribution is -0.137. The Labute approximate surface area is 127 Å². The average molecular weight is 307 g/mol. The molecule has 0 aliphatic carbocycles. The Kier molecular flexibility index (Phi) is 4.26. The fourth-order valence-corrected chi connectivity index (χ4v) is 2.40. The number of anilines is 1. The highest BCUT2D eigenvalue weighted by atomic mass is 19.4. The standard InChI is InChI=1S/C17H16F3NO/c1-10-7-11(2)15(12(3)8-10)21-16(22)13-5-4-6-14(9-13)17(18,19)20/h4-9H,1-3H3,(H,21,22). The molecule has 2 rings (SSSR count). The fraction of sp³-hybridized carbons (Fsp3) is 0.235. The number of benzene rings is 2. The van der Waals surface area contributed by atoms with Crippen molar-refractivity contribution in [2.75, 3.05) is 5.32 Å². The molecule has 5 heteroatoms. The molecule has 2 nitrogen and oxygen atoms in total. The van der Waals surface area contributed by atoms with Gasteiger partial charge in [-0.25, -0.2) is 0 Å². The summed E-state index contributed by atoms with van der Waals surface area (Å²) in [5.74, 6) is -0.554. The third-order valence-electron chi connectivity index (χ3n) is 3.37. The fourth-order valence-electron chi connectivity index (χ4n) is 2.40. The van der Waals surface area contributed by atoms with Crippen molar-refractivity contribution in [2.24, 2.45) is 0 Å². The zero-order valence-electron chi connectivity index (χ0n) is 12.5. The van der Waals surface area contributed by atoms with Gasteiger partial charge < -0.3 is 5.32 Å². The van der Waals surface area contributed by atoms with E-state index in [-0.39, 0.29) is 5.56 Å². The number of halogens is 3. The van der Waals surface area contributed by atoms with Gasteiger partial charge in [0.05, 0.1) is 5.56 Å². The summed E-state index contributed by atoms with van der Waals surface area (Å²) in [6, 6.07) is 8.22. The number of nitrogens with one attached hydrogen (secondary N) is 1. The van der Waals surface area contributed by atoms with Gasteiger partial charge in [0.2, 0.25) is 0 Å². The molecule has 0 bridgehead atoms. The SMILES string of the molecule is Cc1cc(C)c(NC(=O)c2cccc(C(F)(F)F)c2)c(C)c1. The summed E-state index contributed by atoms with van der Waals surface area (Å²) < 4.78 is 38.1. The normalized spacial score (nSPS) is 11.4. The molecule has 0 spiro atoms. The van der Waals surface area contributed by atoms with Gasteiger partial charge in [0, 0.05) is 11.3 Å². The second-order valence-corrected chi connectivity index (χ2v) is 5.31. The highest BCUT2D eigenvalue weighted by Gasteiger charge is 2.30. The molecule has 0 aromatic heterocycles. The first-order valence-electron chi connectivity index (χ1n) is 6.75. The molecule has 1 amide bonds. The van der Waals surface area contributed by atoms with E-state index in [2.05, 4.69) is 5.32 Å². The molecular formula is C17H16F3NO. The van der Waals surface area contributed by atoms with Gasteiger partial charge in [0.25, 0.3) is 5.91 Å². The number of aryl methyl sites for hydroxylation is 3. The van der Waals surface area contributed by atoms with Crippen LogP contribution in [0, 0.1) is 20.8 Å². The lowest BCUT2D eigenvalue weighted by Gasteiger charge is -2.13. The van der Waals surface area contributed by atoms with E-state index in [1.807, 2.05) is 32.9 Å². The first kappa shape index (κ1) is 16.1. The van der Waals surface area contributed by atoms with Gasteiger partial charge >= 0.3 is 6.18 Å². The second kappa shape index (κ2) is 5.83. The van der Waals surface area contributed by atoms with Gasteiger partial charge in [-0.1, -0.05) is 23.8 Å². The number of hydrogen-bond acceptors (Lipinski definition) is 1. The van der Waals surface area contributed by atoms with Crippen molar-refractivity contribution in [2.45, 2.75) is 26.9 Å². The number of hydrogen-bond donors (Lipinski definition) is 1. The van der Waals surface area contributed by atoms with Crippen LogP contribution in [0.3, 0.4) is 0 Å². The van der Waals surface area contributed by atoms with Crippen LogP contribution in [-0.4, -0.2) is 5.91 Å². The van der Waals surface area contributed by atoms with Crippen LogP contribution < -0.4 is 5.32 Å². The second-order valence-electron chi connectivity index (χ2n) is 5.31. The Morgan fingerprint density at radius 1 is 1.00 bits per heavy atom. The minimum absolute atomic E-state index is 0.0193. The molecule has 1 N–H and O–H groups in total. The summed E-state index contributed by atoms with van der Waals surface area (Å²) in [4.78, 5) is 12.2. The number of carbonyl (C=O) groups is 1. The van der Waals surface area contributed by atoms with Gasteiger partial charge in [0.1, 0.15) is 0 Å². The van der Waals surface area contributed by atoms with Crippen molar-refractivity contribution < 1.29 is 18.0 Å². The van der Waals surface area contributed by atoms with E-state index in [0.717, 1.165) is 28.8 Å². The van der Waals surface area contributed by atoms with E-state index in [1.54, 1.807) is 0 Å². The number of rotatable bonds is 2. The Morgan fingerprint density at radius 3 is 2.14 bits per heavy atom. The summed E-state index contributed by atoms with van der Waals surface area (Å²) in [6.07, 6.45) is -4.47. The highest BCUT2D eigenvalue weighted by Crippen LogP contribution is 2.30. The molecule has 2 aromatic rings. The lowest BCUT2D eigenvalue weighted by atomic mass is 10.0. The summed E-state index contributed by atoms with van der Waals surface area (Å²) in [5, 5.41) is 2.69. The molecule has 0 radical (unpaired) electrons. The van der Waals surface area contributed by atoms with E-state index in [1.165, 1.54) is 12.1 Å². The van der Waals surface area contributed by atoms with Crippen molar-refractivity contribution in [3.05, 3.63) is 64.2 Å². The zero-order valence-corrected chi connectivity index (χ0v) is 12.5. The van der Waals surface area contributed by atoms with Gasteiger partial charge in [-0.05, 0) is 50.1 Å². The molecule has 2 aromatic carbocycles. The van der Waals surface area contributed by atoms with Crippen molar-refractivity contribution in [3.8, 4) is 0 Å². The van der Waals surface area contributed by atoms with Gasteiger partial charge in [-0.15, -0.1) is 0 Å².